The average Bonchev–Trinajstić information content (AvgIpc) is 2.59. The van der Waals surface area contributed by atoms with Crippen LogP contribution in [0.2, 0.25) is 0 Å². The van der Waals surface area contributed by atoms with Crippen LogP contribution in [-0.4, -0.2) is 11.5 Å². The number of benzene rings is 1. The maximum atomic E-state index is 4.90. The van der Waals surface area contributed by atoms with E-state index in [0.717, 1.165) is 12.1 Å². The number of aliphatic imine (C=N–C) groups is 2. The second-order valence-electron chi connectivity index (χ2n) is 10.8. The lowest BCUT2D eigenvalue weighted by atomic mass is 9.70. The summed E-state index contributed by atoms with van der Waals surface area (Å²) >= 11 is 0. The zero-order valence-corrected chi connectivity index (χ0v) is 21.3. The second kappa shape index (κ2) is 10.1. The molecular formula is C27H46N2. The van der Waals surface area contributed by atoms with Gasteiger partial charge < -0.3 is 0 Å². The first kappa shape index (κ1) is 25.6. The van der Waals surface area contributed by atoms with Crippen LogP contribution in [0.4, 0.5) is 5.69 Å². The number of rotatable bonds is 9. The van der Waals surface area contributed by atoms with Crippen molar-refractivity contribution >= 4 is 11.7 Å². The van der Waals surface area contributed by atoms with Crippen LogP contribution in [0.1, 0.15) is 142 Å². The van der Waals surface area contributed by atoms with Crippen molar-refractivity contribution < 1.29 is 0 Å². The average molecular weight is 399 g/mol. The van der Waals surface area contributed by atoms with E-state index in [-0.39, 0.29) is 11.0 Å². The first-order chi connectivity index (χ1) is 13.3. The largest absolute Gasteiger partial charge is 0.219 e. The van der Waals surface area contributed by atoms with Crippen LogP contribution in [-0.2, 0) is 5.41 Å². The molecule has 0 fully saturated rings. The Morgan fingerprint density at radius 2 is 1.41 bits per heavy atom. The number of hydrogen-bond donors (Lipinski definition) is 0. The van der Waals surface area contributed by atoms with E-state index < -0.39 is 0 Å². The quantitative estimate of drug-likeness (QED) is 0.370. The molecule has 1 rings (SSSR count). The zero-order chi connectivity index (χ0) is 22.6. The molecule has 1 aromatic rings. The minimum absolute atomic E-state index is 0.119. The highest BCUT2D eigenvalue weighted by atomic mass is 14.9. The van der Waals surface area contributed by atoms with Gasteiger partial charge in [0.1, 0.15) is 0 Å². The van der Waals surface area contributed by atoms with E-state index in [9.17, 15) is 0 Å². The van der Waals surface area contributed by atoms with Gasteiger partial charge >= 0.3 is 0 Å². The van der Waals surface area contributed by atoms with Crippen molar-refractivity contribution in [1.82, 2.24) is 0 Å². The lowest BCUT2D eigenvalue weighted by molar-refractivity contribution is 0.460. The molecule has 0 heterocycles. The third kappa shape index (κ3) is 6.29. The van der Waals surface area contributed by atoms with Crippen LogP contribution >= 0.6 is 0 Å². The molecule has 0 bridgehead atoms. The Bertz CT molecular complexity index is 742. The summed E-state index contributed by atoms with van der Waals surface area (Å²) in [6.45, 7) is 27.3. The fourth-order valence-electron chi connectivity index (χ4n) is 4.11. The molecule has 0 radical (unpaired) electrons. The minimum Gasteiger partial charge on any atom is -0.219 e. The molecule has 0 aromatic heterocycles. The van der Waals surface area contributed by atoms with Crippen LogP contribution in [0.25, 0.3) is 0 Å². The van der Waals surface area contributed by atoms with E-state index in [0.29, 0.717) is 17.8 Å². The van der Waals surface area contributed by atoms with E-state index >= 15 is 0 Å². The molecular weight excluding hydrogens is 352 g/mol. The van der Waals surface area contributed by atoms with Gasteiger partial charge in [0, 0.05) is 0 Å². The Labute approximate surface area is 181 Å². The lowest BCUT2D eigenvalue weighted by Crippen LogP contribution is -2.23. The van der Waals surface area contributed by atoms with E-state index in [1.54, 1.807) is 0 Å². The Balaban J connectivity index is 4.02. The maximum Gasteiger partial charge on any atom is 0.0954 e. The number of nitrogens with zero attached hydrogens (tertiary/aromatic N) is 2. The Morgan fingerprint density at radius 3 is 1.83 bits per heavy atom. The molecule has 0 saturated carbocycles. The van der Waals surface area contributed by atoms with Crippen molar-refractivity contribution in [3.63, 3.8) is 0 Å². The molecule has 0 atom stereocenters. The SMILES string of the molecule is CCCC(C)(C)c1c(C(C)C)cc(C(C)C)c(N=C=NC(C)(C)CC)c1C(C)C. The molecule has 0 N–H and O–H groups in total. The van der Waals surface area contributed by atoms with E-state index in [1.807, 2.05) is 0 Å². The van der Waals surface area contributed by atoms with Gasteiger partial charge in [-0.15, -0.1) is 0 Å². The molecule has 2 nitrogen and oxygen atoms in total. The highest BCUT2D eigenvalue weighted by Gasteiger charge is 2.31. The molecule has 0 unspecified atom stereocenters. The van der Waals surface area contributed by atoms with Crippen molar-refractivity contribution in [1.29, 1.82) is 0 Å². The molecule has 0 aliphatic rings. The van der Waals surface area contributed by atoms with Crippen LogP contribution in [0.3, 0.4) is 0 Å². The third-order valence-corrected chi connectivity index (χ3v) is 6.15. The topological polar surface area (TPSA) is 24.7 Å². The Morgan fingerprint density at radius 1 is 0.862 bits per heavy atom. The van der Waals surface area contributed by atoms with Gasteiger partial charge in [0.25, 0.3) is 0 Å². The van der Waals surface area contributed by atoms with Crippen LogP contribution in [0.15, 0.2) is 16.1 Å². The van der Waals surface area contributed by atoms with E-state index in [2.05, 4.69) is 100 Å². The van der Waals surface area contributed by atoms with Crippen molar-refractivity contribution in [3.8, 4) is 0 Å². The predicted octanol–water partition coefficient (Wildman–Crippen LogP) is 9.13. The minimum atomic E-state index is -0.123. The molecule has 0 spiro atoms. The van der Waals surface area contributed by atoms with Gasteiger partial charge in [0.15, 0.2) is 0 Å². The van der Waals surface area contributed by atoms with Gasteiger partial charge in [-0.05, 0) is 72.1 Å². The highest BCUT2D eigenvalue weighted by molar-refractivity contribution is 5.67. The zero-order valence-electron chi connectivity index (χ0n) is 21.3. The first-order valence-electron chi connectivity index (χ1n) is 11.7. The van der Waals surface area contributed by atoms with Crippen molar-refractivity contribution in [2.45, 2.75) is 131 Å². The van der Waals surface area contributed by atoms with E-state index in [1.165, 1.54) is 35.1 Å². The lowest BCUT2D eigenvalue weighted by Gasteiger charge is -2.35. The smallest absolute Gasteiger partial charge is 0.0954 e. The number of hydrogen-bond acceptors (Lipinski definition) is 2. The van der Waals surface area contributed by atoms with Gasteiger partial charge in [-0.3, -0.25) is 0 Å². The summed E-state index contributed by atoms with van der Waals surface area (Å²) in [6, 6.07) is 5.52. The van der Waals surface area contributed by atoms with Gasteiger partial charge in [-0.25, -0.2) is 4.99 Å². The van der Waals surface area contributed by atoms with Gasteiger partial charge in [-0.2, -0.15) is 4.99 Å². The fraction of sp³-hybridized carbons (Fsp3) is 0.741. The van der Waals surface area contributed by atoms with Crippen LogP contribution in [0, 0.1) is 0 Å². The van der Waals surface area contributed by atoms with Crippen LogP contribution in [0.5, 0.6) is 0 Å². The molecule has 0 aliphatic carbocycles. The first-order valence-corrected chi connectivity index (χ1v) is 11.7. The summed E-state index contributed by atoms with van der Waals surface area (Å²) in [5.74, 6) is 1.30. The summed E-state index contributed by atoms with van der Waals surface area (Å²) in [7, 11) is 0. The van der Waals surface area contributed by atoms with Crippen molar-refractivity contribution in [3.05, 3.63) is 28.3 Å². The Kier molecular flexibility index (Phi) is 8.90. The van der Waals surface area contributed by atoms with Gasteiger partial charge in [0.05, 0.1) is 17.2 Å². The molecule has 0 aliphatic heterocycles. The summed E-state index contributed by atoms with van der Waals surface area (Å²) in [4.78, 5) is 9.54. The summed E-state index contributed by atoms with van der Waals surface area (Å²) < 4.78 is 0. The summed E-state index contributed by atoms with van der Waals surface area (Å²) in [5, 5.41) is 0. The highest BCUT2D eigenvalue weighted by Crippen LogP contribution is 2.46. The third-order valence-electron chi connectivity index (χ3n) is 6.15. The molecule has 1 aromatic carbocycles. The molecule has 0 saturated heterocycles. The van der Waals surface area contributed by atoms with Gasteiger partial charge in [0.2, 0.25) is 0 Å². The van der Waals surface area contributed by atoms with Crippen molar-refractivity contribution in [2.24, 2.45) is 9.98 Å². The standard InChI is InChI=1S/C27H46N2/c1-13-15-26(9,10)24-21(18(3)4)16-22(19(5)6)25(23(24)20(7)8)28-17-29-27(11,12)14-2/h16,18-20H,13-15H2,1-12H3. The monoisotopic (exact) mass is 398 g/mol. The molecule has 2 heteroatoms. The Hall–Kier alpha value is -1.40. The maximum absolute atomic E-state index is 4.90. The predicted molar refractivity (Wildman–Crippen MR) is 131 cm³/mol. The molecule has 0 amide bonds. The summed E-state index contributed by atoms with van der Waals surface area (Å²) in [6.07, 6.45) is 3.33. The second-order valence-corrected chi connectivity index (χ2v) is 10.8. The van der Waals surface area contributed by atoms with Crippen LogP contribution < -0.4 is 0 Å². The molecule has 29 heavy (non-hydrogen) atoms. The van der Waals surface area contributed by atoms with E-state index in [4.69, 9.17) is 4.99 Å². The normalized spacial score (nSPS) is 12.7. The van der Waals surface area contributed by atoms with Gasteiger partial charge in [-0.1, -0.05) is 81.7 Å². The molecule has 164 valence electrons. The fourth-order valence-corrected chi connectivity index (χ4v) is 4.11. The van der Waals surface area contributed by atoms with Crippen molar-refractivity contribution in [2.75, 3.05) is 0 Å². The summed E-state index contributed by atoms with van der Waals surface area (Å²) in [5.41, 5.74) is 6.81.